The highest BCUT2D eigenvalue weighted by Gasteiger charge is 2.28. The summed E-state index contributed by atoms with van der Waals surface area (Å²) in [6.45, 7) is 4.88. The van der Waals surface area contributed by atoms with Crippen LogP contribution in [0.3, 0.4) is 0 Å². The summed E-state index contributed by atoms with van der Waals surface area (Å²) in [7, 11) is 0. The summed E-state index contributed by atoms with van der Waals surface area (Å²) in [5.41, 5.74) is 0.426. The second kappa shape index (κ2) is 4.94. The predicted octanol–water partition coefficient (Wildman–Crippen LogP) is 1.83. The number of nitro groups is 1. The van der Waals surface area contributed by atoms with Crippen LogP contribution in [0.4, 0.5) is 5.69 Å². The van der Waals surface area contributed by atoms with Gasteiger partial charge in [-0.25, -0.2) is 9.48 Å². The highest BCUT2D eigenvalue weighted by atomic mass is 16.6. The molecule has 17 heavy (non-hydrogen) atoms. The Balaban J connectivity index is 3.26. The molecule has 1 rings (SSSR count). The molecule has 0 aliphatic rings. The van der Waals surface area contributed by atoms with Crippen LogP contribution in [0.2, 0.25) is 0 Å². The van der Waals surface area contributed by atoms with Crippen molar-refractivity contribution >= 4 is 11.7 Å². The molecule has 0 saturated heterocycles. The molecule has 0 aromatic carbocycles. The van der Waals surface area contributed by atoms with Crippen molar-refractivity contribution in [1.29, 1.82) is 0 Å². The van der Waals surface area contributed by atoms with E-state index in [0.29, 0.717) is 12.8 Å². The Morgan fingerprint density at radius 2 is 2.18 bits per heavy atom. The number of rotatable bonds is 5. The topological polar surface area (TPSA) is 98.3 Å². The zero-order valence-electron chi connectivity index (χ0n) is 10.0. The SMILES string of the molecule is CCCC(C(=O)O)n1nc(C)c([N+](=O)[O-])c1C. The maximum atomic E-state index is 11.1. The summed E-state index contributed by atoms with van der Waals surface area (Å²) in [6.07, 6.45) is 1.07. The van der Waals surface area contributed by atoms with E-state index in [-0.39, 0.29) is 17.1 Å². The lowest BCUT2D eigenvalue weighted by molar-refractivity contribution is -0.386. The lowest BCUT2D eigenvalue weighted by Gasteiger charge is -2.12. The largest absolute Gasteiger partial charge is 0.480 e. The van der Waals surface area contributed by atoms with Gasteiger partial charge in [-0.3, -0.25) is 10.1 Å². The average molecular weight is 241 g/mol. The molecule has 0 radical (unpaired) electrons. The van der Waals surface area contributed by atoms with Crippen molar-refractivity contribution in [3.63, 3.8) is 0 Å². The Morgan fingerprint density at radius 1 is 1.59 bits per heavy atom. The third kappa shape index (κ3) is 2.43. The summed E-state index contributed by atoms with van der Waals surface area (Å²) in [5, 5.41) is 23.9. The minimum Gasteiger partial charge on any atom is -0.480 e. The minimum atomic E-state index is -1.02. The third-order valence-corrected chi connectivity index (χ3v) is 2.61. The van der Waals surface area contributed by atoms with Gasteiger partial charge < -0.3 is 5.11 Å². The van der Waals surface area contributed by atoms with E-state index in [1.54, 1.807) is 0 Å². The first kappa shape index (κ1) is 13.1. The molecule has 0 aliphatic carbocycles. The summed E-state index contributed by atoms with van der Waals surface area (Å²) in [5.74, 6) is -1.02. The maximum absolute atomic E-state index is 11.1. The van der Waals surface area contributed by atoms with Crippen molar-refractivity contribution in [1.82, 2.24) is 9.78 Å². The predicted molar refractivity (Wildman–Crippen MR) is 59.9 cm³/mol. The van der Waals surface area contributed by atoms with Gasteiger partial charge in [0.25, 0.3) is 0 Å². The van der Waals surface area contributed by atoms with Gasteiger partial charge in [0.15, 0.2) is 0 Å². The van der Waals surface area contributed by atoms with Gasteiger partial charge in [-0.05, 0) is 20.3 Å². The van der Waals surface area contributed by atoms with Crippen molar-refractivity contribution in [3.8, 4) is 0 Å². The highest BCUT2D eigenvalue weighted by Crippen LogP contribution is 2.26. The van der Waals surface area contributed by atoms with E-state index in [0.717, 1.165) is 0 Å². The first-order valence-electron chi connectivity index (χ1n) is 5.33. The summed E-state index contributed by atoms with van der Waals surface area (Å²) in [4.78, 5) is 21.4. The molecular formula is C10H15N3O4. The summed E-state index contributed by atoms with van der Waals surface area (Å²) in [6, 6.07) is -0.840. The number of carboxylic acid groups (broad SMARTS) is 1. The Labute approximate surface area is 98.2 Å². The smallest absolute Gasteiger partial charge is 0.328 e. The molecule has 0 fully saturated rings. The van der Waals surface area contributed by atoms with Crippen LogP contribution in [-0.2, 0) is 4.79 Å². The van der Waals surface area contributed by atoms with Crippen LogP contribution in [-0.4, -0.2) is 25.8 Å². The molecule has 1 aromatic rings. The Kier molecular flexibility index (Phi) is 3.82. The molecule has 0 bridgehead atoms. The quantitative estimate of drug-likeness (QED) is 0.626. The van der Waals surface area contributed by atoms with Crippen molar-refractivity contribution in [2.75, 3.05) is 0 Å². The Morgan fingerprint density at radius 3 is 2.53 bits per heavy atom. The Bertz CT molecular complexity index is 453. The monoisotopic (exact) mass is 241 g/mol. The highest BCUT2D eigenvalue weighted by molar-refractivity contribution is 5.72. The molecule has 7 heteroatoms. The molecule has 1 N–H and O–H groups in total. The van der Waals surface area contributed by atoms with Crippen LogP contribution < -0.4 is 0 Å². The second-order valence-corrected chi connectivity index (χ2v) is 3.86. The van der Waals surface area contributed by atoms with Gasteiger partial charge >= 0.3 is 11.7 Å². The molecule has 1 aromatic heterocycles. The molecule has 1 atom stereocenters. The molecule has 1 unspecified atom stereocenters. The molecule has 94 valence electrons. The lowest BCUT2D eigenvalue weighted by Crippen LogP contribution is -2.21. The number of hydrogen-bond donors (Lipinski definition) is 1. The van der Waals surface area contributed by atoms with E-state index < -0.39 is 16.9 Å². The molecule has 0 saturated carbocycles. The van der Waals surface area contributed by atoms with E-state index in [9.17, 15) is 14.9 Å². The molecule has 0 aliphatic heterocycles. The van der Waals surface area contributed by atoms with E-state index in [4.69, 9.17) is 5.11 Å². The molecule has 0 spiro atoms. The fourth-order valence-corrected chi connectivity index (χ4v) is 1.85. The van der Waals surface area contributed by atoms with Crippen LogP contribution in [0.1, 0.15) is 37.2 Å². The molecule has 0 amide bonds. The first-order chi connectivity index (χ1) is 7.90. The maximum Gasteiger partial charge on any atom is 0.328 e. The Hall–Kier alpha value is -1.92. The van der Waals surface area contributed by atoms with Gasteiger partial charge in [0.2, 0.25) is 0 Å². The van der Waals surface area contributed by atoms with Crippen LogP contribution >= 0.6 is 0 Å². The zero-order valence-corrected chi connectivity index (χ0v) is 10.0. The van der Waals surface area contributed by atoms with Crippen molar-refractivity contribution in [2.45, 2.75) is 39.7 Å². The molecule has 1 heterocycles. The summed E-state index contributed by atoms with van der Waals surface area (Å²) < 4.78 is 1.24. The van der Waals surface area contributed by atoms with E-state index >= 15 is 0 Å². The number of aromatic nitrogens is 2. The van der Waals surface area contributed by atoms with Crippen LogP contribution in [0.5, 0.6) is 0 Å². The lowest BCUT2D eigenvalue weighted by atomic mass is 10.1. The van der Waals surface area contributed by atoms with Crippen molar-refractivity contribution in [3.05, 3.63) is 21.5 Å². The van der Waals surface area contributed by atoms with Crippen LogP contribution in [0.25, 0.3) is 0 Å². The van der Waals surface area contributed by atoms with Crippen LogP contribution in [0, 0.1) is 24.0 Å². The standard InChI is InChI=1S/C10H15N3O4/c1-4-5-8(10(14)15)12-7(3)9(13(16)17)6(2)11-12/h8H,4-5H2,1-3H3,(H,14,15). The first-order valence-corrected chi connectivity index (χ1v) is 5.33. The van der Waals surface area contributed by atoms with E-state index in [1.807, 2.05) is 6.92 Å². The van der Waals surface area contributed by atoms with Gasteiger partial charge in [-0.15, -0.1) is 0 Å². The second-order valence-electron chi connectivity index (χ2n) is 3.86. The fraction of sp³-hybridized carbons (Fsp3) is 0.600. The zero-order chi connectivity index (χ0) is 13.2. The summed E-state index contributed by atoms with van der Waals surface area (Å²) >= 11 is 0. The van der Waals surface area contributed by atoms with Gasteiger partial charge in [0.05, 0.1) is 4.92 Å². The number of nitrogens with zero attached hydrogens (tertiary/aromatic N) is 3. The third-order valence-electron chi connectivity index (χ3n) is 2.61. The van der Waals surface area contributed by atoms with Crippen molar-refractivity contribution in [2.24, 2.45) is 0 Å². The minimum absolute atomic E-state index is 0.104. The number of hydrogen-bond acceptors (Lipinski definition) is 4. The van der Waals surface area contributed by atoms with Gasteiger partial charge in [-0.1, -0.05) is 13.3 Å². The van der Waals surface area contributed by atoms with Gasteiger partial charge in [0.1, 0.15) is 17.4 Å². The van der Waals surface area contributed by atoms with E-state index in [1.165, 1.54) is 18.5 Å². The fourth-order valence-electron chi connectivity index (χ4n) is 1.85. The average Bonchev–Trinajstić information content (AvgIpc) is 2.50. The van der Waals surface area contributed by atoms with Gasteiger partial charge in [0, 0.05) is 0 Å². The van der Waals surface area contributed by atoms with Gasteiger partial charge in [-0.2, -0.15) is 5.10 Å². The number of carboxylic acids is 1. The normalized spacial score (nSPS) is 12.4. The number of aliphatic carboxylic acids is 1. The number of carbonyl (C=O) groups is 1. The van der Waals surface area contributed by atoms with E-state index in [2.05, 4.69) is 5.10 Å². The molecular weight excluding hydrogens is 226 g/mol. The van der Waals surface area contributed by atoms with Crippen molar-refractivity contribution < 1.29 is 14.8 Å². The van der Waals surface area contributed by atoms with Crippen LogP contribution in [0.15, 0.2) is 0 Å². The molecule has 7 nitrogen and oxygen atoms in total. The number of aryl methyl sites for hydroxylation is 1.